The van der Waals surface area contributed by atoms with Gasteiger partial charge in [-0.1, -0.05) is 6.07 Å². The molecular weight excluding hydrogens is 204 g/mol. The largest absolute Gasteiger partial charge is 0.336 e. The molecular formula is C10H6N6. The molecule has 16 heavy (non-hydrogen) atoms. The van der Waals surface area contributed by atoms with Gasteiger partial charge in [0, 0.05) is 0 Å². The topological polar surface area (TPSA) is 94.0 Å². The Labute approximate surface area is 89.9 Å². The maximum absolute atomic E-state index is 8.94. The molecule has 2 aromatic heterocycles. The van der Waals surface area contributed by atoms with Crippen molar-refractivity contribution >= 4 is 11.0 Å². The number of benzene rings is 1. The number of hydrogen-bond acceptors (Lipinski definition) is 4. The van der Waals surface area contributed by atoms with Crippen LogP contribution in [-0.2, 0) is 0 Å². The SMILES string of the molecule is N#Cc1cccc2[nH]c(-c3cn[nH]n3)nc12. The summed E-state index contributed by atoms with van der Waals surface area (Å²) in [6.45, 7) is 0. The van der Waals surface area contributed by atoms with Crippen molar-refractivity contribution in [1.29, 1.82) is 5.26 Å². The molecule has 0 aliphatic rings. The number of H-pyrrole nitrogens is 2. The van der Waals surface area contributed by atoms with Crippen LogP contribution >= 0.6 is 0 Å². The Balaban J connectivity index is 2.28. The molecule has 2 heterocycles. The predicted octanol–water partition coefficient (Wildman–Crippen LogP) is 1.22. The van der Waals surface area contributed by atoms with Gasteiger partial charge < -0.3 is 4.98 Å². The molecule has 0 spiro atoms. The van der Waals surface area contributed by atoms with Crippen molar-refractivity contribution in [2.75, 3.05) is 0 Å². The molecule has 0 unspecified atom stereocenters. The third kappa shape index (κ3) is 1.15. The zero-order valence-corrected chi connectivity index (χ0v) is 8.10. The predicted molar refractivity (Wildman–Crippen MR) is 56.2 cm³/mol. The summed E-state index contributed by atoms with van der Waals surface area (Å²) in [4.78, 5) is 7.41. The maximum Gasteiger partial charge on any atom is 0.160 e. The van der Waals surface area contributed by atoms with Crippen molar-refractivity contribution in [1.82, 2.24) is 25.4 Å². The highest BCUT2D eigenvalue weighted by atomic mass is 15.3. The Morgan fingerprint density at radius 3 is 3.00 bits per heavy atom. The van der Waals surface area contributed by atoms with E-state index < -0.39 is 0 Å². The molecule has 0 saturated heterocycles. The minimum absolute atomic E-state index is 0.545. The standard InChI is InChI=1S/C10H6N6/c11-4-6-2-1-3-7-9(6)14-10(13-7)8-5-12-16-15-8/h1-3,5H,(H,13,14)(H,12,15,16). The van der Waals surface area contributed by atoms with E-state index in [4.69, 9.17) is 5.26 Å². The highest BCUT2D eigenvalue weighted by Gasteiger charge is 2.09. The normalized spacial score (nSPS) is 10.4. The Morgan fingerprint density at radius 2 is 2.25 bits per heavy atom. The average Bonchev–Trinajstić information content (AvgIpc) is 2.96. The molecule has 0 saturated carbocycles. The smallest absolute Gasteiger partial charge is 0.160 e. The summed E-state index contributed by atoms with van der Waals surface area (Å²) in [6, 6.07) is 7.51. The van der Waals surface area contributed by atoms with Gasteiger partial charge in [-0.2, -0.15) is 20.7 Å². The molecule has 76 valence electrons. The van der Waals surface area contributed by atoms with Crippen LogP contribution < -0.4 is 0 Å². The number of fused-ring (bicyclic) bond motifs is 1. The van der Waals surface area contributed by atoms with Crippen molar-refractivity contribution in [2.45, 2.75) is 0 Å². The summed E-state index contributed by atoms with van der Waals surface area (Å²) >= 11 is 0. The van der Waals surface area contributed by atoms with Crippen molar-refractivity contribution in [2.24, 2.45) is 0 Å². The van der Waals surface area contributed by atoms with Crippen LogP contribution in [0.4, 0.5) is 0 Å². The lowest BCUT2D eigenvalue weighted by Crippen LogP contribution is -1.80. The van der Waals surface area contributed by atoms with E-state index in [2.05, 4.69) is 31.4 Å². The summed E-state index contributed by atoms with van der Waals surface area (Å²) in [5, 5.41) is 19.1. The van der Waals surface area contributed by atoms with Crippen LogP contribution in [0.15, 0.2) is 24.4 Å². The van der Waals surface area contributed by atoms with Gasteiger partial charge in [-0.3, -0.25) is 0 Å². The lowest BCUT2D eigenvalue weighted by atomic mass is 10.2. The summed E-state index contributed by atoms with van der Waals surface area (Å²) < 4.78 is 0. The van der Waals surface area contributed by atoms with Gasteiger partial charge in [0.15, 0.2) is 5.82 Å². The number of nitriles is 1. The van der Waals surface area contributed by atoms with E-state index in [1.165, 1.54) is 0 Å². The second-order valence-electron chi connectivity index (χ2n) is 3.25. The molecule has 1 aromatic carbocycles. The number of nitrogens with zero attached hydrogens (tertiary/aromatic N) is 4. The first-order valence-electron chi connectivity index (χ1n) is 4.63. The first-order valence-corrected chi connectivity index (χ1v) is 4.63. The van der Waals surface area contributed by atoms with E-state index in [1.54, 1.807) is 12.3 Å². The number of imidazole rings is 1. The zero-order chi connectivity index (χ0) is 11.0. The van der Waals surface area contributed by atoms with Crippen LogP contribution in [0.1, 0.15) is 5.56 Å². The molecule has 3 rings (SSSR count). The number of aromatic nitrogens is 5. The van der Waals surface area contributed by atoms with Gasteiger partial charge in [0.1, 0.15) is 17.3 Å². The minimum atomic E-state index is 0.545. The fourth-order valence-corrected chi connectivity index (χ4v) is 1.56. The molecule has 0 radical (unpaired) electrons. The highest BCUT2D eigenvalue weighted by molar-refractivity contribution is 5.83. The fourth-order valence-electron chi connectivity index (χ4n) is 1.56. The van der Waals surface area contributed by atoms with Gasteiger partial charge in [0.05, 0.1) is 17.3 Å². The summed E-state index contributed by atoms with van der Waals surface area (Å²) in [5.41, 5.74) is 2.64. The second kappa shape index (κ2) is 3.17. The quantitative estimate of drug-likeness (QED) is 0.631. The summed E-state index contributed by atoms with van der Waals surface area (Å²) in [6.07, 6.45) is 1.57. The third-order valence-electron chi connectivity index (χ3n) is 2.29. The Bertz CT molecular complexity index is 673. The second-order valence-corrected chi connectivity index (χ2v) is 3.25. The van der Waals surface area contributed by atoms with Gasteiger partial charge in [0.2, 0.25) is 0 Å². The van der Waals surface area contributed by atoms with Gasteiger partial charge in [-0.25, -0.2) is 4.98 Å². The molecule has 0 atom stereocenters. The van der Waals surface area contributed by atoms with Gasteiger partial charge in [0.25, 0.3) is 0 Å². The zero-order valence-electron chi connectivity index (χ0n) is 8.10. The minimum Gasteiger partial charge on any atom is -0.336 e. The Kier molecular flexibility index (Phi) is 1.71. The van der Waals surface area contributed by atoms with E-state index in [0.717, 1.165) is 5.52 Å². The fraction of sp³-hybridized carbons (Fsp3) is 0. The van der Waals surface area contributed by atoms with Crippen molar-refractivity contribution in [3.63, 3.8) is 0 Å². The lowest BCUT2D eigenvalue weighted by molar-refractivity contribution is 0.940. The monoisotopic (exact) mass is 210 g/mol. The van der Waals surface area contributed by atoms with Crippen molar-refractivity contribution < 1.29 is 0 Å². The van der Waals surface area contributed by atoms with Crippen molar-refractivity contribution in [3.05, 3.63) is 30.0 Å². The Morgan fingerprint density at radius 1 is 1.31 bits per heavy atom. The molecule has 0 aliphatic heterocycles. The number of aromatic amines is 2. The highest BCUT2D eigenvalue weighted by Crippen LogP contribution is 2.20. The summed E-state index contributed by atoms with van der Waals surface area (Å²) in [5.74, 6) is 0.603. The molecule has 0 amide bonds. The van der Waals surface area contributed by atoms with Gasteiger partial charge >= 0.3 is 0 Å². The van der Waals surface area contributed by atoms with Crippen LogP contribution in [0.3, 0.4) is 0 Å². The van der Waals surface area contributed by atoms with E-state index in [1.807, 2.05) is 12.1 Å². The van der Waals surface area contributed by atoms with Crippen LogP contribution in [0, 0.1) is 11.3 Å². The molecule has 6 nitrogen and oxygen atoms in total. The van der Waals surface area contributed by atoms with Crippen LogP contribution in [0.5, 0.6) is 0 Å². The molecule has 3 aromatic rings. The van der Waals surface area contributed by atoms with Crippen LogP contribution in [-0.4, -0.2) is 25.4 Å². The van der Waals surface area contributed by atoms with E-state index in [-0.39, 0.29) is 0 Å². The third-order valence-corrected chi connectivity index (χ3v) is 2.29. The van der Waals surface area contributed by atoms with Crippen LogP contribution in [0.25, 0.3) is 22.6 Å². The molecule has 2 N–H and O–H groups in total. The van der Waals surface area contributed by atoms with Crippen molar-refractivity contribution in [3.8, 4) is 17.6 Å². The first kappa shape index (κ1) is 8.61. The average molecular weight is 210 g/mol. The lowest BCUT2D eigenvalue weighted by Gasteiger charge is -1.87. The number of hydrogen-bond donors (Lipinski definition) is 2. The Hall–Kier alpha value is -2.68. The maximum atomic E-state index is 8.94. The number of para-hydroxylation sites is 1. The summed E-state index contributed by atoms with van der Waals surface area (Å²) in [7, 11) is 0. The van der Waals surface area contributed by atoms with Gasteiger partial charge in [-0.05, 0) is 12.1 Å². The van der Waals surface area contributed by atoms with E-state index in [0.29, 0.717) is 22.6 Å². The molecule has 6 heteroatoms. The number of rotatable bonds is 1. The van der Waals surface area contributed by atoms with Gasteiger partial charge in [-0.15, -0.1) is 0 Å². The van der Waals surface area contributed by atoms with Crippen LogP contribution in [0.2, 0.25) is 0 Å². The molecule has 0 fully saturated rings. The van der Waals surface area contributed by atoms with E-state index >= 15 is 0 Å². The number of nitrogens with one attached hydrogen (secondary N) is 2. The first-order chi connectivity index (χ1) is 7.88. The molecule has 0 bridgehead atoms. The molecule has 0 aliphatic carbocycles. The van der Waals surface area contributed by atoms with E-state index in [9.17, 15) is 0 Å².